The van der Waals surface area contributed by atoms with Gasteiger partial charge in [-0.25, -0.2) is 0 Å². The number of amides is 2. The standard InChI is InChI=1S/C30H35N3O5/c1-20-17-31-21(2)19-37-27-15-12-23(16-26(27)30(35)33(3)18-28(20)36-4)32-29(34)22-10-13-25(14-11-22)38-24-8-6-5-7-9-24/h5-16,20-21,28,31H,17-19H2,1-4H3,(H,32,34)/t20-,21+,28-/m1/s1. The van der Waals surface area contributed by atoms with E-state index in [1.165, 1.54) is 0 Å². The van der Waals surface area contributed by atoms with Crippen LogP contribution in [0.1, 0.15) is 34.6 Å². The van der Waals surface area contributed by atoms with Crippen molar-refractivity contribution in [2.45, 2.75) is 26.0 Å². The molecule has 1 aliphatic rings. The Balaban J connectivity index is 1.51. The second-order valence-corrected chi connectivity index (χ2v) is 9.66. The minimum absolute atomic E-state index is 0.0864. The van der Waals surface area contributed by atoms with Gasteiger partial charge in [-0.3, -0.25) is 9.59 Å². The van der Waals surface area contributed by atoms with Crippen LogP contribution in [0, 0.1) is 5.92 Å². The van der Waals surface area contributed by atoms with Crippen LogP contribution in [-0.4, -0.2) is 62.7 Å². The van der Waals surface area contributed by atoms with Gasteiger partial charge in [0.1, 0.15) is 23.9 Å². The van der Waals surface area contributed by atoms with E-state index in [0.29, 0.717) is 41.5 Å². The molecule has 0 radical (unpaired) electrons. The van der Waals surface area contributed by atoms with Crippen molar-refractivity contribution in [2.75, 3.05) is 39.2 Å². The number of fused-ring (bicyclic) bond motifs is 1. The van der Waals surface area contributed by atoms with E-state index >= 15 is 0 Å². The summed E-state index contributed by atoms with van der Waals surface area (Å²) in [6, 6.07) is 21.5. The van der Waals surface area contributed by atoms with Crippen molar-refractivity contribution in [1.29, 1.82) is 0 Å². The van der Waals surface area contributed by atoms with Gasteiger partial charge in [-0.2, -0.15) is 0 Å². The maximum absolute atomic E-state index is 13.4. The lowest BCUT2D eigenvalue weighted by Crippen LogP contribution is -2.44. The highest BCUT2D eigenvalue weighted by atomic mass is 16.5. The van der Waals surface area contributed by atoms with Crippen molar-refractivity contribution < 1.29 is 23.8 Å². The van der Waals surface area contributed by atoms with Gasteiger partial charge < -0.3 is 29.7 Å². The first-order chi connectivity index (χ1) is 18.3. The van der Waals surface area contributed by atoms with Crippen LogP contribution in [0.4, 0.5) is 5.69 Å². The van der Waals surface area contributed by atoms with Crippen LogP contribution >= 0.6 is 0 Å². The SMILES string of the molecule is CO[C@@H]1CN(C)C(=O)c2cc(NC(=O)c3ccc(Oc4ccccc4)cc3)ccc2OC[C@H](C)NC[C@H]1C. The molecule has 2 amide bonds. The number of nitrogens with one attached hydrogen (secondary N) is 2. The summed E-state index contributed by atoms with van der Waals surface area (Å²) in [6.07, 6.45) is -0.121. The molecule has 3 aromatic carbocycles. The van der Waals surface area contributed by atoms with Gasteiger partial charge in [0.25, 0.3) is 11.8 Å². The lowest BCUT2D eigenvalue weighted by atomic mass is 10.0. The number of carbonyl (C=O) groups excluding carboxylic acids is 2. The Kier molecular flexibility index (Phi) is 8.99. The molecule has 8 nitrogen and oxygen atoms in total. The molecule has 0 bridgehead atoms. The molecule has 1 heterocycles. The van der Waals surface area contributed by atoms with E-state index in [1.54, 1.807) is 61.5 Å². The van der Waals surface area contributed by atoms with Gasteiger partial charge in [0.2, 0.25) is 0 Å². The number of rotatable bonds is 5. The van der Waals surface area contributed by atoms with Gasteiger partial charge in [0.15, 0.2) is 0 Å². The summed E-state index contributed by atoms with van der Waals surface area (Å²) in [5.74, 6) is 1.53. The van der Waals surface area contributed by atoms with Gasteiger partial charge >= 0.3 is 0 Å². The zero-order chi connectivity index (χ0) is 27.1. The molecule has 0 fully saturated rings. The lowest BCUT2D eigenvalue weighted by molar-refractivity contribution is 0.0281. The molecule has 38 heavy (non-hydrogen) atoms. The Hall–Kier alpha value is -3.88. The molecule has 0 aromatic heterocycles. The van der Waals surface area contributed by atoms with E-state index < -0.39 is 0 Å². The third-order valence-electron chi connectivity index (χ3n) is 6.58. The van der Waals surface area contributed by atoms with E-state index in [-0.39, 0.29) is 29.9 Å². The molecular formula is C30H35N3O5. The molecule has 0 aliphatic carbocycles. The monoisotopic (exact) mass is 517 g/mol. The maximum Gasteiger partial charge on any atom is 0.257 e. The van der Waals surface area contributed by atoms with Gasteiger partial charge in [-0.05, 0) is 67.4 Å². The molecular weight excluding hydrogens is 482 g/mol. The predicted octanol–water partition coefficient (Wildman–Crippen LogP) is 4.82. The first-order valence-electron chi connectivity index (χ1n) is 12.8. The number of hydrogen-bond donors (Lipinski definition) is 2. The predicted molar refractivity (Wildman–Crippen MR) is 147 cm³/mol. The van der Waals surface area contributed by atoms with Crippen LogP contribution in [0.15, 0.2) is 72.8 Å². The third kappa shape index (κ3) is 6.90. The van der Waals surface area contributed by atoms with Crippen LogP contribution in [0.2, 0.25) is 0 Å². The first kappa shape index (κ1) is 27.2. The molecule has 4 rings (SSSR count). The Bertz CT molecular complexity index is 1230. The van der Waals surface area contributed by atoms with Crippen molar-refractivity contribution >= 4 is 17.5 Å². The van der Waals surface area contributed by atoms with E-state index in [1.807, 2.05) is 37.3 Å². The highest BCUT2D eigenvalue weighted by Crippen LogP contribution is 2.27. The maximum atomic E-state index is 13.4. The smallest absolute Gasteiger partial charge is 0.257 e. The van der Waals surface area contributed by atoms with E-state index in [4.69, 9.17) is 14.2 Å². The van der Waals surface area contributed by atoms with Crippen LogP contribution in [-0.2, 0) is 4.74 Å². The summed E-state index contributed by atoms with van der Waals surface area (Å²) in [6.45, 7) is 5.72. The number of likely N-dealkylation sites (N-methyl/N-ethyl adjacent to an activating group) is 1. The Morgan fingerprint density at radius 3 is 2.45 bits per heavy atom. The topological polar surface area (TPSA) is 89.1 Å². The number of benzene rings is 3. The number of hydrogen-bond acceptors (Lipinski definition) is 6. The molecule has 2 N–H and O–H groups in total. The summed E-state index contributed by atoms with van der Waals surface area (Å²) in [4.78, 5) is 28.0. The van der Waals surface area contributed by atoms with Gasteiger partial charge in [0, 0.05) is 44.5 Å². The highest BCUT2D eigenvalue weighted by molar-refractivity contribution is 6.05. The summed E-state index contributed by atoms with van der Waals surface area (Å²) in [5, 5.41) is 6.36. The fourth-order valence-electron chi connectivity index (χ4n) is 4.24. The zero-order valence-electron chi connectivity index (χ0n) is 22.3. The minimum atomic E-state index is -0.294. The Morgan fingerprint density at radius 2 is 1.74 bits per heavy atom. The summed E-state index contributed by atoms with van der Waals surface area (Å²) >= 11 is 0. The van der Waals surface area contributed by atoms with Crippen molar-refractivity contribution in [3.63, 3.8) is 0 Å². The van der Waals surface area contributed by atoms with E-state index in [2.05, 4.69) is 17.6 Å². The molecule has 1 aliphatic heterocycles. The number of nitrogens with zero attached hydrogens (tertiary/aromatic N) is 1. The molecule has 3 atom stereocenters. The average molecular weight is 518 g/mol. The first-order valence-corrected chi connectivity index (χ1v) is 12.8. The fourth-order valence-corrected chi connectivity index (χ4v) is 4.24. The number of methoxy groups -OCH3 is 1. The van der Waals surface area contributed by atoms with Crippen LogP contribution in [0.25, 0.3) is 0 Å². The van der Waals surface area contributed by atoms with Crippen LogP contribution < -0.4 is 20.1 Å². The van der Waals surface area contributed by atoms with Crippen molar-refractivity contribution in [1.82, 2.24) is 10.2 Å². The average Bonchev–Trinajstić information content (AvgIpc) is 2.93. The molecule has 0 unspecified atom stereocenters. The van der Waals surface area contributed by atoms with Crippen LogP contribution in [0.5, 0.6) is 17.2 Å². The molecule has 0 saturated carbocycles. The van der Waals surface area contributed by atoms with Gasteiger partial charge in [0.05, 0.1) is 11.7 Å². The number of ether oxygens (including phenoxy) is 3. The Labute approximate surface area is 223 Å². The third-order valence-corrected chi connectivity index (χ3v) is 6.58. The highest BCUT2D eigenvalue weighted by Gasteiger charge is 2.25. The summed E-state index contributed by atoms with van der Waals surface area (Å²) in [5.41, 5.74) is 1.35. The molecule has 0 spiro atoms. The molecule has 3 aromatic rings. The largest absolute Gasteiger partial charge is 0.491 e. The fraction of sp³-hybridized carbons (Fsp3) is 0.333. The van der Waals surface area contributed by atoms with Crippen molar-refractivity contribution in [3.8, 4) is 17.2 Å². The van der Waals surface area contributed by atoms with Crippen molar-refractivity contribution in [3.05, 3.63) is 83.9 Å². The van der Waals surface area contributed by atoms with Gasteiger partial charge in [-0.15, -0.1) is 0 Å². The molecule has 0 saturated heterocycles. The molecule has 8 heteroatoms. The Morgan fingerprint density at radius 1 is 1.03 bits per heavy atom. The number of anilines is 1. The zero-order valence-corrected chi connectivity index (χ0v) is 22.3. The van der Waals surface area contributed by atoms with Crippen LogP contribution in [0.3, 0.4) is 0 Å². The summed E-state index contributed by atoms with van der Waals surface area (Å²) in [7, 11) is 3.41. The minimum Gasteiger partial charge on any atom is -0.491 e. The normalized spacial score (nSPS) is 20.4. The van der Waals surface area contributed by atoms with Gasteiger partial charge in [-0.1, -0.05) is 25.1 Å². The van der Waals surface area contributed by atoms with E-state index in [0.717, 1.165) is 12.3 Å². The lowest BCUT2D eigenvalue weighted by Gasteiger charge is -2.30. The van der Waals surface area contributed by atoms with E-state index in [9.17, 15) is 9.59 Å². The molecule has 200 valence electrons. The number of para-hydroxylation sites is 1. The second-order valence-electron chi connectivity index (χ2n) is 9.66. The summed E-state index contributed by atoms with van der Waals surface area (Å²) < 4.78 is 17.5. The second kappa shape index (κ2) is 12.6. The number of carbonyl (C=O) groups is 2. The quantitative estimate of drug-likeness (QED) is 0.504. The van der Waals surface area contributed by atoms with Crippen molar-refractivity contribution in [2.24, 2.45) is 5.92 Å².